The molecule has 47 heavy (non-hydrogen) atoms. The van der Waals surface area contributed by atoms with E-state index in [0.29, 0.717) is 0 Å². The SMILES string of the molecule is BrC(Nc1ccc(Cc2ccc(NC(Br)c3ccccn3)c(Cc3ccc(NC(Br)c4ccccn4)cc3)c2)cc1)c1ccccn1. The van der Waals surface area contributed by atoms with Crippen LogP contribution < -0.4 is 16.0 Å². The number of rotatable bonds is 13. The Balaban J connectivity index is 1.17. The summed E-state index contributed by atoms with van der Waals surface area (Å²) in [5.74, 6) is 0. The van der Waals surface area contributed by atoms with Crippen LogP contribution in [0.4, 0.5) is 17.1 Å². The minimum Gasteiger partial charge on any atom is -0.368 e. The maximum atomic E-state index is 4.52. The van der Waals surface area contributed by atoms with Gasteiger partial charge < -0.3 is 16.0 Å². The Morgan fingerprint density at radius 1 is 0.447 bits per heavy atom. The van der Waals surface area contributed by atoms with E-state index in [-0.39, 0.29) is 14.9 Å². The molecule has 0 spiro atoms. The van der Waals surface area contributed by atoms with Gasteiger partial charge in [-0.25, -0.2) is 0 Å². The molecule has 0 aliphatic carbocycles. The lowest BCUT2D eigenvalue weighted by Gasteiger charge is -2.18. The maximum Gasteiger partial charge on any atom is 0.125 e. The lowest BCUT2D eigenvalue weighted by molar-refractivity contribution is 1.02. The molecule has 3 aromatic carbocycles. The summed E-state index contributed by atoms with van der Waals surface area (Å²) >= 11 is 11.2. The number of anilines is 3. The molecule has 3 heterocycles. The predicted octanol–water partition coefficient (Wildman–Crippen LogP) is 10.6. The summed E-state index contributed by atoms with van der Waals surface area (Å²) in [4.78, 5) is 13.1. The quantitative estimate of drug-likeness (QED) is 0.0797. The predicted molar refractivity (Wildman–Crippen MR) is 204 cm³/mol. The largest absolute Gasteiger partial charge is 0.368 e. The molecular weight excluding hydrogens is 780 g/mol. The molecule has 6 nitrogen and oxygen atoms in total. The Morgan fingerprint density at radius 2 is 0.872 bits per heavy atom. The molecule has 0 amide bonds. The first kappa shape index (κ1) is 32.9. The monoisotopic (exact) mass is 810 g/mol. The van der Waals surface area contributed by atoms with Gasteiger partial charge in [0.05, 0.1) is 17.1 Å². The normalized spacial score (nSPS) is 12.9. The Kier molecular flexibility index (Phi) is 11.3. The van der Waals surface area contributed by atoms with Crippen molar-refractivity contribution in [2.75, 3.05) is 16.0 Å². The van der Waals surface area contributed by atoms with E-state index in [1.807, 2.05) is 60.8 Å². The zero-order valence-corrected chi connectivity index (χ0v) is 30.2. The molecule has 6 aromatic rings. The van der Waals surface area contributed by atoms with Crippen LogP contribution in [0.15, 0.2) is 140 Å². The topological polar surface area (TPSA) is 74.8 Å². The first-order chi connectivity index (χ1) is 23.0. The fourth-order valence-corrected chi connectivity index (χ4v) is 6.75. The second-order valence-corrected chi connectivity index (χ2v) is 13.8. The van der Waals surface area contributed by atoms with Gasteiger partial charge in [0.1, 0.15) is 14.9 Å². The molecule has 6 rings (SSSR count). The minimum atomic E-state index is -0.119. The van der Waals surface area contributed by atoms with Crippen molar-refractivity contribution in [1.82, 2.24) is 15.0 Å². The lowest BCUT2D eigenvalue weighted by atomic mass is 9.97. The van der Waals surface area contributed by atoms with Gasteiger partial charge in [-0.05, 0) is 102 Å². The summed E-state index contributed by atoms with van der Waals surface area (Å²) in [6.45, 7) is 0. The molecule has 3 N–H and O–H groups in total. The van der Waals surface area contributed by atoms with E-state index in [4.69, 9.17) is 0 Å². The van der Waals surface area contributed by atoms with Crippen molar-refractivity contribution in [2.24, 2.45) is 0 Å². The zero-order chi connectivity index (χ0) is 32.4. The summed E-state index contributed by atoms with van der Waals surface area (Å²) in [5.41, 5.74) is 10.8. The van der Waals surface area contributed by atoms with Crippen molar-refractivity contribution < 1.29 is 0 Å². The van der Waals surface area contributed by atoms with Crippen molar-refractivity contribution in [3.63, 3.8) is 0 Å². The van der Waals surface area contributed by atoms with E-state index >= 15 is 0 Å². The summed E-state index contributed by atoms with van der Waals surface area (Å²) < 4.78 is 0. The van der Waals surface area contributed by atoms with Crippen LogP contribution in [-0.2, 0) is 12.8 Å². The van der Waals surface area contributed by atoms with Gasteiger partial charge in [0.15, 0.2) is 0 Å². The standard InChI is InChI=1S/C38H33Br3N6/c39-36(33-7-1-4-20-42-33)45-30-15-10-26(11-16-30)23-28-14-19-32(47-38(41)35-9-3-6-22-44-35)29(25-28)24-27-12-17-31(18-13-27)46-37(40)34-8-2-5-21-43-34/h1-22,25,36-38,45-47H,23-24H2. The van der Waals surface area contributed by atoms with Gasteiger partial charge in [0.25, 0.3) is 0 Å². The van der Waals surface area contributed by atoms with Crippen molar-refractivity contribution >= 4 is 64.9 Å². The van der Waals surface area contributed by atoms with Gasteiger partial charge >= 0.3 is 0 Å². The van der Waals surface area contributed by atoms with E-state index in [2.05, 4.69) is 145 Å². The van der Waals surface area contributed by atoms with Gasteiger partial charge in [0.2, 0.25) is 0 Å². The van der Waals surface area contributed by atoms with Crippen molar-refractivity contribution in [3.05, 3.63) is 179 Å². The molecule has 0 aliphatic heterocycles. The van der Waals surface area contributed by atoms with Crippen LogP contribution in [0.5, 0.6) is 0 Å². The van der Waals surface area contributed by atoms with Crippen LogP contribution in [0.3, 0.4) is 0 Å². The third-order valence-corrected chi connectivity index (χ3v) is 9.69. The van der Waals surface area contributed by atoms with Crippen molar-refractivity contribution in [2.45, 2.75) is 27.7 Å². The highest BCUT2D eigenvalue weighted by Crippen LogP contribution is 2.30. The number of nitrogens with zero attached hydrogens (tertiary/aromatic N) is 3. The number of alkyl halides is 3. The minimum absolute atomic E-state index is 0.0619. The van der Waals surface area contributed by atoms with Crippen molar-refractivity contribution in [1.29, 1.82) is 0 Å². The molecule has 0 aliphatic rings. The highest BCUT2D eigenvalue weighted by Gasteiger charge is 2.14. The molecule has 3 aromatic heterocycles. The molecule has 0 saturated carbocycles. The zero-order valence-electron chi connectivity index (χ0n) is 25.4. The van der Waals surface area contributed by atoms with Crippen molar-refractivity contribution in [3.8, 4) is 0 Å². The second kappa shape index (κ2) is 16.2. The van der Waals surface area contributed by atoms with E-state index in [0.717, 1.165) is 47.0 Å². The van der Waals surface area contributed by atoms with E-state index in [1.54, 1.807) is 12.4 Å². The van der Waals surface area contributed by atoms with Gasteiger partial charge in [-0.2, -0.15) is 0 Å². The number of hydrogen-bond donors (Lipinski definition) is 3. The maximum absolute atomic E-state index is 4.52. The number of hydrogen-bond acceptors (Lipinski definition) is 6. The third-order valence-electron chi connectivity index (χ3n) is 7.59. The summed E-state index contributed by atoms with van der Waals surface area (Å²) in [7, 11) is 0. The number of benzene rings is 3. The average Bonchev–Trinajstić information content (AvgIpc) is 3.12. The second-order valence-electron chi connectivity index (χ2n) is 11.0. The molecular formula is C38H33Br3N6. The first-order valence-corrected chi connectivity index (χ1v) is 18.0. The Morgan fingerprint density at radius 3 is 1.32 bits per heavy atom. The molecule has 3 atom stereocenters. The molecule has 3 unspecified atom stereocenters. The van der Waals surface area contributed by atoms with E-state index in [9.17, 15) is 0 Å². The number of pyridine rings is 3. The molecule has 236 valence electrons. The Hall–Kier alpha value is -4.05. The van der Waals surface area contributed by atoms with Gasteiger partial charge in [-0.3, -0.25) is 15.0 Å². The molecule has 0 saturated heterocycles. The van der Waals surface area contributed by atoms with Crippen LogP contribution in [0.2, 0.25) is 0 Å². The van der Waals surface area contributed by atoms with Crippen LogP contribution in [0, 0.1) is 0 Å². The molecule has 9 heteroatoms. The van der Waals surface area contributed by atoms with Gasteiger partial charge in [-0.1, -0.05) is 102 Å². The highest BCUT2D eigenvalue weighted by atomic mass is 79.9. The smallest absolute Gasteiger partial charge is 0.125 e. The first-order valence-electron chi connectivity index (χ1n) is 15.2. The summed E-state index contributed by atoms with van der Waals surface area (Å²) in [5, 5.41) is 10.6. The van der Waals surface area contributed by atoms with Crippen LogP contribution in [0.1, 0.15) is 54.2 Å². The highest BCUT2D eigenvalue weighted by molar-refractivity contribution is 9.09. The lowest BCUT2D eigenvalue weighted by Crippen LogP contribution is -2.08. The van der Waals surface area contributed by atoms with Crippen LogP contribution >= 0.6 is 47.8 Å². The average molecular weight is 813 g/mol. The molecule has 0 bridgehead atoms. The third kappa shape index (κ3) is 9.28. The van der Waals surface area contributed by atoms with Gasteiger partial charge in [-0.15, -0.1) is 0 Å². The Bertz CT molecular complexity index is 1840. The summed E-state index contributed by atoms with van der Waals surface area (Å²) in [6, 6.07) is 41.6. The van der Waals surface area contributed by atoms with E-state index < -0.39 is 0 Å². The number of halogens is 3. The van der Waals surface area contributed by atoms with E-state index in [1.165, 1.54) is 22.3 Å². The van der Waals surface area contributed by atoms with Crippen LogP contribution in [0.25, 0.3) is 0 Å². The fourth-order valence-electron chi connectivity index (χ4n) is 5.17. The molecule has 0 radical (unpaired) electrons. The summed E-state index contributed by atoms with van der Waals surface area (Å²) in [6.07, 6.45) is 7.02. The molecule has 0 fully saturated rings. The van der Waals surface area contributed by atoms with Crippen LogP contribution in [-0.4, -0.2) is 15.0 Å². The number of nitrogens with one attached hydrogen (secondary N) is 3. The number of aromatic nitrogens is 3. The van der Waals surface area contributed by atoms with Gasteiger partial charge in [0, 0.05) is 35.7 Å². The Labute approximate surface area is 300 Å². The fraction of sp³-hybridized carbons (Fsp3) is 0.132.